The molecule has 176 valence electrons. The lowest BCUT2D eigenvalue weighted by atomic mass is 9.95. The van der Waals surface area contributed by atoms with Gasteiger partial charge in [-0.25, -0.2) is 0 Å². The Morgan fingerprint density at radius 1 is 1.03 bits per heavy atom. The maximum Gasteiger partial charge on any atom is 0.273 e. The van der Waals surface area contributed by atoms with Crippen molar-refractivity contribution >= 4 is 11.6 Å². The SMILES string of the molecule is COc1ccc(CCN2C(=O)c3[nH]nc(-c4ccc(C)cc4)c3C2c2ccc([N+](=O)[O-])cc2)cc1. The molecule has 5 rings (SSSR count). The average molecular weight is 469 g/mol. The van der Waals surface area contributed by atoms with Gasteiger partial charge in [0.25, 0.3) is 11.6 Å². The van der Waals surface area contributed by atoms with Crippen molar-refractivity contribution < 1.29 is 14.5 Å². The number of nitro benzene ring substituents is 1. The summed E-state index contributed by atoms with van der Waals surface area (Å²) in [6.07, 6.45) is 0.650. The normalized spacial score (nSPS) is 14.7. The van der Waals surface area contributed by atoms with Crippen LogP contribution in [0.4, 0.5) is 5.69 Å². The van der Waals surface area contributed by atoms with Gasteiger partial charge in [-0.3, -0.25) is 20.0 Å². The number of methoxy groups -OCH3 is 1. The van der Waals surface area contributed by atoms with E-state index >= 15 is 0 Å². The van der Waals surface area contributed by atoms with Crippen LogP contribution >= 0.6 is 0 Å². The zero-order chi connectivity index (χ0) is 24.5. The van der Waals surface area contributed by atoms with Gasteiger partial charge in [0.15, 0.2) is 0 Å². The average Bonchev–Trinajstić information content (AvgIpc) is 3.42. The molecule has 0 radical (unpaired) electrons. The first kappa shape index (κ1) is 22.3. The first-order chi connectivity index (χ1) is 17.0. The second kappa shape index (κ2) is 9.06. The van der Waals surface area contributed by atoms with Gasteiger partial charge in [-0.05, 0) is 48.7 Å². The lowest BCUT2D eigenvalue weighted by Gasteiger charge is -2.26. The number of nitro groups is 1. The summed E-state index contributed by atoms with van der Waals surface area (Å²) in [5.41, 5.74) is 5.88. The van der Waals surface area contributed by atoms with Crippen molar-refractivity contribution in [3.8, 4) is 17.0 Å². The van der Waals surface area contributed by atoms with E-state index in [1.54, 1.807) is 19.2 Å². The summed E-state index contributed by atoms with van der Waals surface area (Å²) in [6.45, 7) is 2.49. The summed E-state index contributed by atoms with van der Waals surface area (Å²) in [6, 6.07) is 21.8. The third-order valence-electron chi connectivity index (χ3n) is 6.41. The molecule has 1 unspecified atom stereocenters. The summed E-state index contributed by atoms with van der Waals surface area (Å²) in [4.78, 5) is 26.1. The number of carbonyl (C=O) groups excluding carboxylic acids is 1. The van der Waals surface area contributed by atoms with Crippen molar-refractivity contribution in [2.24, 2.45) is 0 Å². The maximum absolute atomic E-state index is 13.5. The Morgan fingerprint density at radius 3 is 2.34 bits per heavy atom. The minimum atomic E-state index is -0.425. The summed E-state index contributed by atoms with van der Waals surface area (Å²) in [5, 5.41) is 18.6. The summed E-state index contributed by atoms with van der Waals surface area (Å²) in [5.74, 6) is 0.640. The van der Waals surface area contributed by atoms with Gasteiger partial charge in [0.05, 0.1) is 23.8 Å². The van der Waals surface area contributed by atoms with E-state index in [9.17, 15) is 14.9 Å². The number of aromatic amines is 1. The van der Waals surface area contributed by atoms with E-state index < -0.39 is 11.0 Å². The molecule has 0 bridgehead atoms. The van der Waals surface area contributed by atoms with Crippen LogP contribution < -0.4 is 4.74 Å². The Bertz CT molecular complexity index is 1380. The second-order valence-electron chi connectivity index (χ2n) is 8.57. The van der Waals surface area contributed by atoms with Crippen LogP contribution in [-0.2, 0) is 6.42 Å². The number of H-pyrrole nitrogens is 1. The highest BCUT2D eigenvalue weighted by Crippen LogP contribution is 2.43. The van der Waals surface area contributed by atoms with E-state index in [0.717, 1.165) is 33.6 Å². The van der Waals surface area contributed by atoms with E-state index in [1.165, 1.54) is 12.1 Å². The maximum atomic E-state index is 13.5. The smallest absolute Gasteiger partial charge is 0.273 e. The Labute approximate surface area is 202 Å². The predicted octanol–water partition coefficient (Wildman–Crippen LogP) is 5.09. The molecular weight excluding hydrogens is 444 g/mol. The Kier molecular flexibility index (Phi) is 5.78. The molecule has 1 amide bonds. The zero-order valence-corrected chi connectivity index (χ0v) is 19.4. The van der Waals surface area contributed by atoms with Gasteiger partial charge in [0.1, 0.15) is 11.4 Å². The van der Waals surface area contributed by atoms with E-state index in [0.29, 0.717) is 24.4 Å². The number of benzene rings is 3. The number of aryl methyl sites for hydroxylation is 1. The molecule has 8 nitrogen and oxygen atoms in total. The molecule has 0 fully saturated rings. The van der Waals surface area contributed by atoms with Crippen LogP contribution in [0, 0.1) is 17.0 Å². The van der Waals surface area contributed by atoms with Crippen molar-refractivity contribution in [2.75, 3.05) is 13.7 Å². The van der Waals surface area contributed by atoms with Gasteiger partial charge in [-0.1, -0.05) is 42.0 Å². The molecule has 3 aromatic carbocycles. The molecule has 2 heterocycles. The summed E-state index contributed by atoms with van der Waals surface area (Å²) >= 11 is 0. The number of ether oxygens (including phenoxy) is 1. The monoisotopic (exact) mass is 468 g/mol. The van der Waals surface area contributed by atoms with Gasteiger partial charge in [0.2, 0.25) is 0 Å². The number of rotatable bonds is 7. The number of non-ortho nitro benzene ring substituents is 1. The number of hydrogen-bond acceptors (Lipinski definition) is 5. The fourth-order valence-electron chi connectivity index (χ4n) is 4.53. The molecule has 0 saturated carbocycles. The molecule has 35 heavy (non-hydrogen) atoms. The van der Waals surface area contributed by atoms with Crippen LogP contribution in [0.25, 0.3) is 11.3 Å². The molecule has 1 N–H and O–H groups in total. The van der Waals surface area contributed by atoms with Crippen molar-refractivity contribution in [1.29, 1.82) is 0 Å². The fourth-order valence-corrected chi connectivity index (χ4v) is 4.53. The van der Waals surface area contributed by atoms with Crippen LogP contribution in [0.5, 0.6) is 5.75 Å². The Balaban J connectivity index is 1.54. The lowest BCUT2D eigenvalue weighted by Crippen LogP contribution is -2.31. The first-order valence-corrected chi connectivity index (χ1v) is 11.3. The summed E-state index contributed by atoms with van der Waals surface area (Å²) < 4.78 is 5.24. The van der Waals surface area contributed by atoms with Crippen LogP contribution in [0.1, 0.15) is 38.8 Å². The van der Waals surface area contributed by atoms with Gasteiger partial charge in [-0.2, -0.15) is 5.10 Å². The topological polar surface area (TPSA) is 101 Å². The van der Waals surface area contributed by atoms with Crippen molar-refractivity contribution in [3.05, 3.63) is 111 Å². The summed E-state index contributed by atoms with van der Waals surface area (Å²) in [7, 11) is 1.63. The van der Waals surface area contributed by atoms with Crippen molar-refractivity contribution in [1.82, 2.24) is 15.1 Å². The number of hydrogen-bond donors (Lipinski definition) is 1. The largest absolute Gasteiger partial charge is 0.497 e. The Hall–Kier alpha value is -4.46. The van der Waals surface area contributed by atoms with Crippen LogP contribution in [-0.4, -0.2) is 39.6 Å². The molecule has 1 aliphatic rings. The molecule has 0 saturated heterocycles. The van der Waals surface area contributed by atoms with Crippen LogP contribution in [0.2, 0.25) is 0 Å². The highest BCUT2D eigenvalue weighted by Gasteiger charge is 2.42. The minimum absolute atomic E-state index is 0.00836. The number of nitrogens with one attached hydrogen (secondary N) is 1. The van der Waals surface area contributed by atoms with E-state index in [1.807, 2.05) is 60.4 Å². The zero-order valence-electron chi connectivity index (χ0n) is 19.4. The van der Waals surface area contributed by atoms with Crippen molar-refractivity contribution in [3.63, 3.8) is 0 Å². The van der Waals surface area contributed by atoms with Crippen LogP contribution in [0.3, 0.4) is 0 Å². The first-order valence-electron chi connectivity index (χ1n) is 11.3. The minimum Gasteiger partial charge on any atom is -0.497 e. The molecule has 1 atom stereocenters. The molecule has 1 aromatic heterocycles. The Morgan fingerprint density at radius 2 is 1.71 bits per heavy atom. The van der Waals surface area contributed by atoms with Crippen molar-refractivity contribution in [2.45, 2.75) is 19.4 Å². The highest BCUT2D eigenvalue weighted by molar-refractivity contribution is 6.00. The number of aromatic nitrogens is 2. The molecule has 0 spiro atoms. The van der Waals surface area contributed by atoms with Crippen LogP contribution in [0.15, 0.2) is 72.8 Å². The fraction of sp³-hybridized carbons (Fsp3) is 0.185. The molecule has 8 heteroatoms. The molecule has 4 aromatic rings. The van der Waals surface area contributed by atoms with Gasteiger partial charge < -0.3 is 9.64 Å². The highest BCUT2D eigenvalue weighted by atomic mass is 16.6. The van der Waals surface area contributed by atoms with E-state index in [4.69, 9.17) is 4.74 Å². The van der Waals surface area contributed by atoms with Gasteiger partial charge >= 0.3 is 0 Å². The number of nitrogens with zero attached hydrogens (tertiary/aromatic N) is 3. The standard InChI is InChI=1S/C27H24N4O4/c1-17-3-7-19(8-4-17)24-23-25(29-28-24)27(32)30(16-15-18-5-13-22(35-2)14-6-18)26(23)20-9-11-21(12-10-20)31(33)34/h3-14,26H,15-16H2,1-2H3,(H,28,29). The third-order valence-corrected chi connectivity index (χ3v) is 6.41. The number of fused-ring (bicyclic) bond motifs is 1. The molecule has 1 aliphatic heterocycles. The predicted molar refractivity (Wildman–Crippen MR) is 131 cm³/mol. The quantitative estimate of drug-likeness (QED) is 0.301. The third kappa shape index (κ3) is 4.14. The molecule has 0 aliphatic carbocycles. The second-order valence-corrected chi connectivity index (χ2v) is 8.57. The number of amides is 1. The molecular formula is C27H24N4O4. The van der Waals surface area contributed by atoms with E-state index in [2.05, 4.69) is 10.2 Å². The van der Waals surface area contributed by atoms with E-state index in [-0.39, 0.29) is 11.6 Å². The number of carbonyl (C=O) groups is 1. The lowest BCUT2D eigenvalue weighted by molar-refractivity contribution is -0.384. The van der Waals surface area contributed by atoms with Gasteiger partial charge in [-0.15, -0.1) is 0 Å². The van der Waals surface area contributed by atoms with Gasteiger partial charge in [0, 0.05) is 29.8 Å².